The Bertz CT molecular complexity index is 2010. The van der Waals surface area contributed by atoms with E-state index in [0.29, 0.717) is 5.92 Å². The van der Waals surface area contributed by atoms with E-state index in [4.69, 9.17) is 0 Å². The highest BCUT2D eigenvalue weighted by atomic mass is 15.0. The molecule has 1 aliphatic carbocycles. The standard InChI is InChI=1S/C39H36N2/c1-4-12-36-32(5-2)33-17-6-8-19-37(33)41(36)31-16-11-14-28(25-31)29-22-24-39-35(26-29)34-18-7-9-20-38(34)40(39)30-15-10-13-27(3)21-23-30/h4,6-12,14-20,22-27H,5,13,21H2,1-3H3/b12-4-. The first-order chi connectivity index (χ1) is 20.2. The van der Waals surface area contributed by atoms with Gasteiger partial charge in [-0.25, -0.2) is 0 Å². The molecule has 2 heteroatoms. The zero-order chi connectivity index (χ0) is 27.9. The monoisotopic (exact) mass is 532 g/mol. The molecule has 0 bridgehead atoms. The van der Waals surface area contributed by atoms with Gasteiger partial charge in [0.05, 0.1) is 16.6 Å². The third-order valence-corrected chi connectivity index (χ3v) is 8.62. The van der Waals surface area contributed by atoms with Gasteiger partial charge in [0.1, 0.15) is 0 Å². The van der Waals surface area contributed by atoms with Crippen molar-refractivity contribution < 1.29 is 0 Å². The molecule has 0 spiro atoms. The molecule has 2 heterocycles. The number of para-hydroxylation sites is 2. The minimum atomic E-state index is 0.676. The Morgan fingerprint density at radius 2 is 1.46 bits per heavy atom. The SMILES string of the molecule is C/C=C\c1c(CC)c2ccccc2n1-c1cccc(-c2ccc3c(c2)c2ccccc2n3C2=CCC(C)CC=C2)c1. The first-order valence-electron chi connectivity index (χ1n) is 14.9. The van der Waals surface area contributed by atoms with E-state index >= 15 is 0 Å². The minimum Gasteiger partial charge on any atom is -0.310 e. The molecule has 0 fully saturated rings. The summed E-state index contributed by atoms with van der Waals surface area (Å²) in [6.45, 7) is 6.69. The van der Waals surface area contributed by atoms with Gasteiger partial charge in [0.2, 0.25) is 0 Å². The predicted molar refractivity (Wildman–Crippen MR) is 178 cm³/mol. The number of allylic oxidation sites excluding steroid dienone is 5. The van der Waals surface area contributed by atoms with E-state index in [0.717, 1.165) is 19.3 Å². The topological polar surface area (TPSA) is 9.86 Å². The number of hydrogen-bond donors (Lipinski definition) is 0. The van der Waals surface area contributed by atoms with Gasteiger partial charge in [-0.05, 0) is 97.3 Å². The predicted octanol–water partition coefficient (Wildman–Crippen LogP) is 10.8. The summed E-state index contributed by atoms with van der Waals surface area (Å²) in [5.74, 6) is 0.676. The zero-order valence-electron chi connectivity index (χ0n) is 24.1. The van der Waals surface area contributed by atoms with Crippen molar-refractivity contribution in [1.82, 2.24) is 9.13 Å². The van der Waals surface area contributed by atoms with E-state index in [-0.39, 0.29) is 0 Å². The Morgan fingerprint density at radius 3 is 2.27 bits per heavy atom. The minimum absolute atomic E-state index is 0.676. The molecule has 6 aromatic rings. The highest BCUT2D eigenvalue weighted by Crippen LogP contribution is 2.37. The van der Waals surface area contributed by atoms with E-state index < -0.39 is 0 Å². The summed E-state index contributed by atoms with van der Waals surface area (Å²) in [5.41, 5.74) is 11.4. The average Bonchev–Trinajstić information content (AvgIpc) is 3.41. The highest BCUT2D eigenvalue weighted by Gasteiger charge is 2.17. The third-order valence-electron chi connectivity index (χ3n) is 8.62. The second kappa shape index (κ2) is 10.4. The van der Waals surface area contributed by atoms with Gasteiger partial charge >= 0.3 is 0 Å². The molecule has 0 saturated carbocycles. The van der Waals surface area contributed by atoms with Crippen LogP contribution in [0.5, 0.6) is 0 Å². The van der Waals surface area contributed by atoms with Gasteiger partial charge < -0.3 is 9.13 Å². The van der Waals surface area contributed by atoms with Crippen molar-refractivity contribution in [3.63, 3.8) is 0 Å². The highest BCUT2D eigenvalue weighted by molar-refractivity contribution is 6.11. The smallest absolute Gasteiger partial charge is 0.0541 e. The lowest BCUT2D eigenvalue weighted by molar-refractivity contribution is 0.606. The van der Waals surface area contributed by atoms with Gasteiger partial charge in [-0.3, -0.25) is 0 Å². The number of aryl methyl sites for hydroxylation is 1. The molecular weight excluding hydrogens is 496 g/mol. The number of rotatable bonds is 5. The van der Waals surface area contributed by atoms with Crippen molar-refractivity contribution in [1.29, 1.82) is 0 Å². The maximum absolute atomic E-state index is 2.45. The van der Waals surface area contributed by atoms with Crippen LogP contribution in [0.15, 0.2) is 115 Å². The molecular formula is C39H36N2. The van der Waals surface area contributed by atoms with E-state index in [9.17, 15) is 0 Å². The molecule has 1 atom stereocenters. The largest absolute Gasteiger partial charge is 0.310 e. The molecule has 0 N–H and O–H groups in total. The van der Waals surface area contributed by atoms with Crippen molar-refractivity contribution in [2.75, 3.05) is 0 Å². The van der Waals surface area contributed by atoms with Crippen LogP contribution < -0.4 is 0 Å². The number of benzene rings is 4. The molecule has 41 heavy (non-hydrogen) atoms. The van der Waals surface area contributed by atoms with Crippen LogP contribution in [0.4, 0.5) is 0 Å². The Balaban J connectivity index is 1.40. The normalized spacial score (nSPS) is 15.8. The molecule has 1 aliphatic rings. The van der Waals surface area contributed by atoms with E-state index in [1.54, 1.807) is 0 Å². The van der Waals surface area contributed by atoms with Crippen molar-refractivity contribution in [3.8, 4) is 16.8 Å². The van der Waals surface area contributed by atoms with Gasteiger partial charge in [-0.15, -0.1) is 0 Å². The lowest BCUT2D eigenvalue weighted by Gasteiger charge is -2.12. The molecule has 7 rings (SSSR count). The third kappa shape index (κ3) is 4.26. The Hall–Kier alpha value is -4.56. The van der Waals surface area contributed by atoms with Gasteiger partial charge in [0.15, 0.2) is 0 Å². The van der Waals surface area contributed by atoms with Crippen LogP contribution in [0.25, 0.3) is 61.3 Å². The van der Waals surface area contributed by atoms with Gasteiger partial charge in [-0.2, -0.15) is 0 Å². The fraction of sp³-hybridized carbons (Fsp3) is 0.179. The fourth-order valence-electron chi connectivity index (χ4n) is 6.64. The van der Waals surface area contributed by atoms with Crippen molar-refractivity contribution >= 4 is 44.5 Å². The maximum atomic E-state index is 2.45. The molecule has 0 saturated heterocycles. The second-order valence-electron chi connectivity index (χ2n) is 11.3. The summed E-state index contributed by atoms with van der Waals surface area (Å²) in [5, 5.41) is 3.93. The van der Waals surface area contributed by atoms with Crippen molar-refractivity contribution in [2.24, 2.45) is 5.92 Å². The first-order valence-corrected chi connectivity index (χ1v) is 14.9. The molecule has 4 aromatic carbocycles. The van der Waals surface area contributed by atoms with Crippen LogP contribution in [-0.2, 0) is 6.42 Å². The van der Waals surface area contributed by atoms with E-state index in [2.05, 4.69) is 151 Å². The van der Waals surface area contributed by atoms with Crippen LogP contribution in [0.2, 0.25) is 0 Å². The van der Waals surface area contributed by atoms with Crippen molar-refractivity contribution in [3.05, 3.63) is 127 Å². The van der Waals surface area contributed by atoms with Crippen LogP contribution >= 0.6 is 0 Å². The summed E-state index contributed by atoms with van der Waals surface area (Å²) in [6, 6.07) is 33.6. The lowest BCUT2D eigenvalue weighted by atomic mass is 10.0. The number of nitrogens with zero attached hydrogens (tertiary/aromatic N) is 2. The van der Waals surface area contributed by atoms with Crippen LogP contribution in [0.3, 0.4) is 0 Å². The molecule has 2 aromatic heterocycles. The van der Waals surface area contributed by atoms with E-state index in [1.807, 2.05) is 0 Å². The van der Waals surface area contributed by atoms with Gasteiger partial charge in [-0.1, -0.05) is 86.7 Å². The van der Waals surface area contributed by atoms with Crippen LogP contribution in [0.1, 0.15) is 44.9 Å². The number of fused-ring (bicyclic) bond motifs is 4. The molecule has 202 valence electrons. The second-order valence-corrected chi connectivity index (χ2v) is 11.3. The van der Waals surface area contributed by atoms with Gasteiger partial charge in [0, 0.05) is 33.2 Å². The molecule has 0 amide bonds. The van der Waals surface area contributed by atoms with Crippen molar-refractivity contribution in [2.45, 2.75) is 40.0 Å². The number of aromatic nitrogens is 2. The van der Waals surface area contributed by atoms with E-state index in [1.165, 1.54) is 66.5 Å². The summed E-state index contributed by atoms with van der Waals surface area (Å²) in [6.07, 6.45) is 14.7. The Kier molecular flexibility index (Phi) is 6.47. The Labute approximate surface area is 242 Å². The summed E-state index contributed by atoms with van der Waals surface area (Å²) >= 11 is 0. The summed E-state index contributed by atoms with van der Waals surface area (Å²) in [4.78, 5) is 0. The molecule has 0 aliphatic heterocycles. The zero-order valence-corrected chi connectivity index (χ0v) is 24.1. The maximum Gasteiger partial charge on any atom is 0.0541 e. The molecule has 2 nitrogen and oxygen atoms in total. The van der Waals surface area contributed by atoms with Crippen LogP contribution in [-0.4, -0.2) is 9.13 Å². The summed E-state index contributed by atoms with van der Waals surface area (Å²) < 4.78 is 4.87. The first kappa shape index (κ1) is 25.4. The van der Waals surface area contributed by atoms with Crippen LogP contribution in [0, 0.1) is 5.92 Å². The fourth-order valence-corrected chi connectivity index (χ4v) is 6.64. The lowest BCUT2D eigenvalue weighted by Crippen LogP contribution is -1.98. The average molecular weight is 533 g/mol. The molecule has 1 unspecified atom stereocenters. The summed E-state index contributed by atoms with van der Waals surface area (Å²) in [7, 11) is 0. The number of hydrogen-bond acceptors (Lipinski definition) is 0. The Morgan fingerprint density at radius 1 is 0.732 bits per heavy atom. The van der Waals surface area contributed by atoms with Gasteiger partial charge in [0.25, 0.3) is 0 Å². The molecule has 0 radical (unpaired) electrons. The quantitative estimate of drug-likeness (QED) is 0.209.